The molecular formula is C12H29NO. The van der Waals surface area contributed by atoms with Gasteiger partial charge in [0.15, 0.2) is 0 Å². The molecule has 0 radical (unpaired) electrons. The molecule has 0 N–H and O–H groups in total. The number of rotatable bonds is 2. The third-order valence-electron chi connectivity index (χ3n) is 2.24. The zero-order chi connectivity index (χ0) is 11.4. The van der Waals surface area contributed by atoms with Crippen molar-refractivity contribution in [1.82, 2.24) is 4.90 Å². The summed E-state index contributed by atoms with van der Waals surface area (Å²) in [5.41, 5.74) is 0. The van der Waals surface area contributed by atoms with Crippen molar-refractivity contribution in [1.29, 1.82) is 0 Å². The Kier molecular flexibility index (Phi) is 15.1. The van der Waals surface area contributed by atoms with E-state index in [1.165, 1.54) is 25.9 Å². The van der Waals surface area contributed by atoms with Crippen LogP contribution in [-0.2, 0) is 4.74 Å². The topological polar surface area (TPSA) is 12.5 Å². The molecule has 1 fully saturated rings. The van der Waals surface area contributed by atoms with Crippen LogP contribution in [-0.4, -0.2) is 38.8 Å². The minimum Gasteiger partial charge on any atom is -0.384 e. The van der Waals surface area contributed by atoms with Crippen molar-refractivity contribution in [2.45, 2.75) is 40.5 Å². The summed E-state index contributed by atoms with van der Waals surface area (Å²) in [5.74, 6) is 0.821. The number of ether oxygens (including phenoxy) is 1. The lowest BCUT2D eigenvalue weighted by Crippen LogP contribution is -2.31. The highest BCUT2D eigenvalue weighted by molar-refractivity contribution is 4.68. The Hall–Kier alpha value is -0.0800. The van der Waals surface area contributed by atoms with Gasteiger partial charge in [-0.15, -0.1) is 0 Å². The van der Waals surface area contributed by atoms with Crippen molar-refractivity contribution in [3.63, 3.8) is 0 Å². The van der Waals surface area contributed by atoms with Gasteiger partial charge in [0.1, 0.15) is 0 Å². The van der Waals surface area contributed by atoms with Crippen LogP contribution in [0.4, 0.5) is 0 Å². The molecule has 0 aliphatic carbocycles. The SMILES string of the molecule is CC.CC.COCC1CCN(C)CC1. The molecule has 1 rings (SSSR count). The molecule has 1 heterocycles. The molecule has 2 heteroatoms. The molecule has 0 amide bonds. The first-order valence-corrected chi connectivity index (χ1v) is 6.00. The maximum absolute atomic E-state index is 5.10. The fourth-order valence-corrected chi connectivity index (χ4v) is 1.46. The molecular weight excluding hydrogens is 174 g/mol. The minimum absolute atomic E-state index is 0.821. The van der Waals surface area contributed by atoms with Crippen molar-refractivity contribution in [2.24, 2.45) is 5.92 Å². The Morgan fingerprint density at radius 1 is 1.07 bits per heavy atom. The monoisotopic (exact) mass is 203 g/mol. The Morgan fingerprint density at radius 2 is 1.50 bits per heavy atom. The number of nitrogens with zero attached hydrogens (tertiary/aromatic N) is 1. The molecule has 0 bridgehead atoms. The standard InChI is InChI=1S/C8H17NO.2C2H6/c1-9-5-3-8(4-6-9)7-10-2;2*1-2/h8H,3-7H2,1-2H3;2*1-2H3. The summed E-state index contributed by atoms with van der Waals surface area (Å²) >= 11 is 0. The molecule has 0 atom stereocenters. The zero-order valence-electron chi connectivity index (χ0n) is 11.0. The summed E-state index contributed by atoms with van der Waals surface area (Å²) in [4.78, 5) is 2.38. The van der Waals surface area contributed by atoms with Gasteiger partial charge in [0.25, 0.3) is 0 Å². The number of methoxy groups -OCH3 is 1. The number of likely N-dealkylation sites (tertiary alicyclic amines) is 1. The third-order valence-corrected chi connectivity index (χ3v) is 2.24. The Labute approximate surface area is 90.6 Å². The first-order valence-electron chi connectivity index (χ1n) is 6.00. The quantitative estimate of drug-likeness (QED) is 0.684. The molecule has 1 aliphatic rings. The van der Waals surface area contributed by atoms with Crippen LogP contribution < -0.4 is 0 Å². The van der Waals surface area contributed by atoms with Gasteiger partial charge in [0.05, 0.1) is 0 Å². The van der Waals surface area contributed by atoms with E-state index in [0.29, 0.717) is 0 Å². The largest absolute Gasteiger partial charge is 0.384 e. The number of hydrogen-bond acceptors (Lipinski definition) is 2. The summed E-state index contributed by atoms with van der Waals surface area (Å²) < 4.78 is 5.10. The van der Waals surface area contributed by atoms with E-state index in [1.807, 2.05) is 27.7 Å². The van der Waals surface area contributed by atoms with Crippen molar-refractivity contribution < 1.29 is 4.74 Å². The van der Waals surface area contributed by atoms with Crippen LogP contribution >= 0.6 is 0 Å². The van der Waals surface area contributed by atoms with E-state index in [-0.39, 0.29) is 0 Å². The van der Waals surface area contributed by atoms with Gasteiger partial charge in [-0.25, -0.2) is 0 Å². The first kappa shape index (κ1) is 16.4. The van der Waals surface area contributed by atoms with Gasteiger partial charge in [-0.3, -0.25) is 0 Å². The van der Waals surface area contributed by atoms with Crippen molar-refractivity contribution in [2.75, 3.05) is 33.9 Å². The minimum atomic E-state index is 0.821. The van der Waals surface area contributed by atoms with Crippen molar-refractivity contribution >= 4 is 0 Å². The molecule has 0 aromatic carbocycles. The van der Waals surface area contributed by atoms with Crippen LogP contribution in [0.5, 0.6) is 0 Å². The van der Waals surface area contributed by atoms with E-state index in [2.05, 4.69) is 11.9 Å². The van der Waals surface area contributed by atoms with Crippen molar-refractivity contribution in [3.05, 3.63) is 0 Å². The van der Waals surface area contributed by atoms with E-state index < -0.39 is 0 Å². The molecule has 0 spiro atoms. The molecule has 14 heavy (non-hydrogen) atoms. The molecule has 0 aromatic heterocycles. The predicted molar refractivity (Wildman–Crippen MR) is 64.8 cm³/mol. The van der Waals surface area contributed by atoms with Crippen LogP contribution in [0.25, 0.3) is 0 Å². The molecule has 2 nitrogen and oxygen atoms in total. The lowest BCUT2D eigenvalue weighted by atomic mass is 9.98. The van der Waals surface area contributed by atoms with Crippen LogP contribution in [0.15, 0.2) is 0 Å². The van der Waals surface area contributed by atoms with Gasteiger partial charge in [-0.1, -0.05) is 27.7 Å². The highest BCUT2D eigenvalue weighted by atomic mass is 16.5. The zero-order valence-corrected chi connectivity index (χ0v) is 11.0. The van der Waals surface area contributed by atoms with Crippen LogP contribution in [0.3, 0.4) is 0 Å². The average molecular weight is 203 g/mol. The summed E-state index contributed by atoms with van der Waals surface area (Å²) in [6.07, 6.45) is 2.62. The molecule has 1 aliphatic heterocycles. The van der Waals surface area contributed by atoms with Crippen molar-refractivity contribution in [3.8, 4) is 0 Å². The second-order valence-corrected chi connectivity index (χ2v) is 3.20. The molecule has 0 aromatic rings. The second-order valence-electron chi connectivity index (χ2n) is 3.20. The van der Waals surface area contributed by atoms with E-state index in [9.17, 15) is 0 Å². The summed E-state index contributed by atoms with van der Waals surface area (Å²) in [6, 6.07) is 0. The summed E-state index contributed by atoms with van der Waals surface area (Å²) in [5, 5.41) is 0. The summed E-state index contributed by atoms with van der Waals surface area (Å²) in [7, 11) is 3.97. The van der Waals surface area contributed by atoms with E-state index in [0.717, 1.165) is 12.5 Å². The smallest absolute Gasteiger partial charge is 0.0491 e. The highest BCUT2D eigenvalue weighted by Crippen LogP contribution is 2.15. The maximum atomic E-state index is 5.10. The second kappa shape index (κ2) is 12.9. The van der Waals surface area contributed by atoms with E-state index >= 15 is 0 Å². The van der Waals surface area contributed by atoms with E-state index in [1.54, 1.807) is 7.11 Å². The number of piperidine rings is 1. The molecule has 0 saturated carbocycles. The van der Waals surface area contributed by atoms with Gasteiger partial charge < -0.3 is 9.64 Å². The normalized spacial score (nSPS) is 17.6. The Balaban J connectivity index is 0. The summed E-state index contributed by atoms with van der Waals surface area (Å²) in [6.45, 7) is 11.4. The predicted octanol–water partition coefficient (Wildman–Crippen LogP) is 3.03. The lowest BCUT2D eigenvalue weighted by Gasteiger charge is -2.28. The van der Waals surface area contributed by atoms with Crippen LogP contribution in [0.1, 0.15) is 40.5 Å². The molecule has 88 valence electrons. The fraction of sp³-hybridized carbons (Fsp3) is 1.00. The fourth-order valence-electron chi connectivity index (χ4n) is 1.46. The molecule has 0 unspecified atom stereocenters. The van der Waals surface area contributed by atoms with Gasteiger partial charge in [-0.2, -0.15) is 0 Å². The van der Waals surface area contributed by atoms with Gasteiger partial charge >= 0.3 is 0 Å². The lowest BCUT2D eigenvalue weighted by molar-refractivity contribution is 0.109. The van der Waals surface area contributed by atoms with Gasteiger partial charge in [0, 0.05) is 13.7 Å². The Bertz CT molecular complexity index is 88.3. The average Bonchev–Trinajstić information content (AvgIpc) is 2.28. The van der Waals surface area contributed by atoms with Crippen LogP contribution in [0.2, 0.25) is 0 Å². The van der Waals surface area contributed by atoms with Gasteiger partial charge in [-0.05, 0) is 38.9 Å². The highest BCUT2D eigenvalue weighted by Gasteiger charge is 2.15. The van der Waals surface area contributed by atoms with E-state index in [4.69, 9.17) is 4.74 Å². The van der Waals surface area contributed by atoms with Crippen LogP contribution in [0, 0.1) is 5.92 Å². The van der Waals surface area contributed by atoms with Gasteiger partial charge in [0.2, 0.25) is 0 Å². The first-order chi connectivity index (χ1) is 6.83. The number of hydrogen-bond donors (Lipinski definition) is 0. The third kappa shape index (κ3) is 8.52. The molecule has 1 saturated heterocycles. The maximum Gasteiger partial charge on any atom is 0.0491 e. The Morgan fingerprint density at radius 3 is 1.86 bits per heavy atom.